The normalized spacial score (nSPS) is 13.3. The molecule has 0 saturated heterocycles. The van der Waals surface area contributed by atoms with E-state index >= 15 is 0 Å². The van der Waals surface area contributed by atoms with Crippen LogP contribution in [-0.2, 0) is 14.9 Å². The number of methoxy groups -OCH3 is 1. The Morgan fingerprint density at radius 1 is 1.00 bits per heavy atom. The van der Waals surface area contributed by atoms with Crippen LogP contribution in [0.5, 0.6) is 0 Å². The fourth-order valence-corrected chi connectivity index (χ4v) is 4.65. The summed E-state index contributed by atoms with van der Waals surface area (Å²) in [6.45, 7) is 7.57. The van der Waals surface area contributed by atoms with Crippen molar-refractivity contribution in [2.45, 2.75) is 50.5 Å². The van der Waals surface area contributed by atoms with Crippen LogP contribution in [0.4, 0.5) is 0 Å². The molecule has 0 aliphatic rings. The molecule has 1 atom stereocenters. The molecule has 0 spiro atoms. The van der Waals surface area contributed by atoms with Crippen molar-refractivity contribution >= 4 is 20.9 Å². The van der Waals surface area contributed by atoms with E-state index in [-0.39, 0.29) is 58.5 Å². The second kappa shape index (κ2) is 9.15. The predicted molar refractivity (Wildman–Crippen MR) is 96.9 cm³/mol. The van der Waals surface area contributed by atoms with Crippen LogP contribution in [-0.4, -0.2) is 31.8 Å². The SMILES string of the molecule is COCC(O)c1c(S(=O)(=O)[O-])c(C(C)C)c(C(C)C)c2ccccc12.[Na+]. The van der Waals surface area contributed by atoms with Crippen LogP contribution >= 0.6 is 0 Å². The van der Waals surface area contributed by atoms with E-state index < -0.39 is 16.2 Å². The molecule has 0 aliphatic heterocycles. The van der Waals surface area contributed by atoms with Crippen LogP contribution < -0.4 is 29.6 Å². The van der Waals surface area contributed by atoms with E-state index in [2.05, 4.69) is 0 Å². The van der Waals surface area contributed by atoms with Gasteiger partial charge in [-0.05, 0) is 33.7 Å². The Hall–Kier alpha value is -0.470. The summed E-state index contributed by atoms with van der Waals surface area (Å²) in [4.78, 5) is -0.297. The molecular weight excluding hydrogens is 363 g/mol. The van der Waals surface area contributed by atoms with Gasteiger partial charge in [0.25, 0.3) is 0 Å². The number of fused-ring (bicyclic) bond motifs is 1. The first-order valence-electron chi connectivity index (χ1n) is 8.32. The monoisotopic (exact) mass is 388 g/mol. The van der Waals surface area contributed by atoms with Crippen molar-refractivity contribution in [3.63, 3.8) is 0 Å². The van der Waals surface area contributed by atoms with Crippen LogP contribution in [0.3, 0.4) is 0 Å². The van der Waals surface area contributed by atoms with Gasteiger partial charge in [0.2, 0.25) is 0 Å². The molecule has 0 aromatic heterocycles. The Morgan fingerprint density at radius 3 is 1.85 bits per heavy atom. The topological polar surface area (TPSA) is 86.7 Å². The number of ether oxygens (including phenoxy) is 1. The van der Waals surface area contributed by atoms with Gasteiger partial charge < -0.3 is 14.4 Å². The first kappa shape index (κ1) is 23.6. The van der Waals surface area contributed by atoms with Crippen LogP contribution in [0.15, 0.2) is 29.2 Å². The van der Waals surface area contributed by atoms with E-state index in [1.54, 1.807) is 12.1 Å². The minimum atomic E-state index is -4.79. The molecule has 2 aromatic carbocycles. The van der Waals surface area contributed by atoms with Gasteiger partial charge in [0.15, 0.2) is 0 Å². The molecule has 1 N–H and O–H groups in total. The molecule has 0 aliphatic carbocycles. The first-order chi connectivity index (χ1) is 11.6. The number of hydrogen-bond acceptors (Lipinski definition) is 5. The van der Waals surface area contributed by atoms with Crippen molar-refractivity contribution in [3.8, 4) is 0 Å². The molecule has 7 heteroatoms. The summed E-state index contributed by atoms with van der Waals surface area (Å²) in [6.07, 6.45) is -1.20. The van der Waals surface area contributed by atoms with E-state index in [0.29, 0.717) is 10.9 Å². The Bertz CT molecular complexity index is 875. The molecule has 0 fully saturated rings. The van der Waals surface area contributed by atoms with Gasteiger partial charge in [-0.1, -0.05) is 52.0 Å². The Labute approximate surface area is 177 Å². The largest absolute Gasteiger partial charge is 1.00 e. The molecule has 2 rings (SSSR count). The fourth-order valence-electron chi connectivity index (χ4n) is 3.52. The third-order valence-electron chi connectivity index (χ3n) is 4.35. The summed E-state index contributed by atoms with van der Waals surface area (Å²) in [5, 5.41) is 12.0. The number of benzene rings is 2. The van der Waals surface area contributed by atoms with Gasteiger partial charge in [-0.3, -0.25) is 0 Å². The van der Waals surface area contributed by atoms with Gasteiger partial charge in [0.1, 0.15) is 16.2 Å². The number of aliphatic hydroxyl groups is 1. The second-order valence-corrected chi connectivity index (χ2v) is 8.17. The summed E-state index contributed by atoms with van der Waals surface area (Å²) >= 11 is 0. The maximum atomic E-state index is 12.2. The third kappa shape index (κ3) is 4.50. The molecule has 0 amide bonds. The van der Waals surface area contributed by atoms with Gasteiger partial charge in [0.05, 0.1) is 11.5 Å². The molecule has 0 bridgehead atoms. The fraction of sp³-hybridized carbons (Fsp3) is 0.474. The minimum absolute atomic E-state index is 0. The molecular formula is C19H25NaO5S. The summed E-state index contributed by atoms with van der Waals surface area (Å²) in [5.74, 6) is -0.161. The van der Waals surface area contributed by atoms with E-state index in [9.17, 15) is 18.1 Å². The molecule has 5 nitrogen and oxygen atoms in total. The van der Waals surface area contributed by atoms with Gasteiger partial charge >= 0.3 is 29.6 Å². The van der Waals surface area contributed by atoms with E-state index in [4.69, 9.17) is 4.74 Å². The van der Waals surface area contributed by atoms with Crippen molar-refractivity contribution in [2.24, 2.45) is 0 Å². The zero-order chi connectivity index (χ0) is 18.9. The predicted octanol–water partition coefficient (Wildman–Crippen LogP) is 0.675. The number of rotatable bonds is 6. The summed E-state index contributed by atoms with van der Waals surface area (Å²) in [7, 11) is -3.37. The Morgan fingerprint density at radius 2 is 1.46 bits per heavy atom. The Kier molecular flexibility index (Phi) is 8.29. The summed E-state index contributed by atoms with van der Waals surface area (Å²) in [5.41, 5.74) is 1.47. The van der Waals surface area contributed by atoms with Crippen molar-refractivity contribution in [2.75, 3.05) is 13.7 Å². The summed E-state index contributed by atoms with van der Waals surface area (Å²) in [6, 6.07) is 7.29. The Balaban J connectivity index is 0.00000338. The van der Waals surface area contributed by atoms with Crippen molar-refractivity contribution < 1.29 is 52.4 Å². The zero-order valence-electron chi connectivity index (χ0n) is 16.2. The molecule has 2 aromatic rings. The zero-order valence-corrected chi connectivity index (χ0v) is 19.1. The number of aliphatic hydroxyl groups excluding tert-OH is 1. The van der Waals surface area contributed by atoms with Crippen LogP contribution in [0.1, 0.15) is 62.3 Å². The first-order valence-corrected chi connectivity index (χ1v) is 9.73. The van der Waals surface area contributed by atoms with Crippen LogP contribution in [0.25, 0.3) is 10.8 Å². The van der Waals surface area contributed by atoms with Crippen LogP contribution in [0, 0.1) is 0 Å². The van der Waals surface area contributed by atoms with Gasteiger partial charge in [-0.25, -0.2) is 8.42 Å². The van der Waals surface area contributed by atoms with E-state index in [0.717, 1.165) is 10.9 Å². The van der Waals surface area contributed by atoms with Crippen LogP contribution in [0.2, 0.25) is 0 Å². The van der Waals surface area contributed by atoms with Gasteiger partial charge in [-0.2, -0.15) is 0 Å². The average molecular weight is 388 g/mol. The van der Waals surface area contributed by atoms with Crippen molar-refractivity contribution in [3.05, 3.63) is 41.0 Å². The average Bonchev–Trinajstić information content (AvgIpc) is 2.51. The molecule has 26 heavy (non-hydrogen) atoms. The van der Waals surface area contributed by atoms with Crippen molar-refractivity contribution in [1.29, 1.82) is 0 Å². The van der Waals surface area contributed by atoms with Crippen molar-refractivity contribution in [1.82, 2.24) is 0 Å². The third-order valence-corrected chi connectivity index (χ3v) is 5.29. The standard InChI is InChI=1S/C19H26O5S.Na/c1-11(2)16-13-8-6-7-9-14(13)18(15(20)10-24-5)19(25(21,22)23)17(16)12(3)4;/h6-9,11-12,15,20H,10H2,1-5H3,(H,21,22,23);/q;+1/p-1. The molecule has 0 heterocycles. The smallest absolute Gasteiger partial charge is 0.744 e. The molecule has 0 saturated carbocycles. The minimum Gasteiger partial charge on any atom is -0.744 e. The molecule has 1 unspecified atom stereocenters. The molecule has 0 radical (unpaired) electrons. The van der Waals surface area contributed by atoms with Gasteiger partial charge in [0, 0.05) is 12.7 Å². The number of hydrogen-bond donors (Lipinski definition) is 1. The molecule has 138 valence electrons. The maximum absolute atomic E-state index is 12.2. The summed E-state index contributed by atoms with van der Waals surface area (Å²) < 4.78 is 41.6. The quantitative estimate of drug-likeness (QED) is 0.581. The second-order valence-electron chi connectivity index (χ2n) is 6.85. The van der Waals surface area contributed by atoms with Gasteiger partial charge in [-0.15, -0.1) is 0 Å². The van der Waals surface area contributed by atoms with E-state index in [1.165, 1.54) is 7.11 Å². The van der Waals surface area contributed by atoms with E-state index in [1.807, 2.05) is 39.8 Å². The maximum Gasteiger partial charge on any atom is 1.00 e.